The van der Waals surface area contributed by atoms with Gasteiger partial charge in [-0.05, 0) is 27.4 Å². The number of phenolic OH excluding ortho intramolecular Hbond substituents is 1. The summed E-state index contributed by atoms with van der Waals surface area (Å²) < 4.78 is 1.69. The van der Waals surface area contributed by atoms with Crippen molar-refractivity contribution in [3.63, 3.8) is 0 Å². The summed E-state index contributed by atoms with van der Waals surface area (Å²) in [6.45, 7) is 0. The van der Waals surface area contributed by atoms with Crippen LogP contribution >= 0.6 is 31.9 Å². The lowest BCUT2D eigenvalue weighted by Gasteiger charge is -2.04. The van der Waals surface area contributed by atoms with Gasteiger partial charge in [-0.3, -0.25) is 0 Å². The third-order valence-electron chi connectivity index (χ3n) is 1.92. The smallest absolute Gasteiger partial charge is 0.137 e. The summed E-state index contributed by atoms with van der Waals surface area (Å²) in [5.41, 5.74) is 0. The van der Waals surface area contributed by atoms with E-state index in [0.29, 0.717) is 10.2 Å². The maximum Gasteiger partial charge on any atom is 0.137 e. The van der Waals surface area contributed by atoms with Gasteiger partial charge in [0.1, 0.15) is 5.75 Å². The lowest BCUT2D eigenvalue weighted by molar-refractivity contribution is 0.478. The second kappa shape index (κ2) is 3.31. The van der Waals surface area contributed by atoms with E-state index in [-0.39, 0.29) is 0 Å². The van der Waals surface area contributed by atoms with Crippen molar-refractivity contribution in [1.82, 2.24) is 0 Å². The van der Waals surface area contributed by atoms with Gasteiger partial charge >= 0.3 is 0 Å². The van der Waals surface area contributed by atoms with Crippen LogP contribution in [0.3, 0.4) is 0 Å². The second-order valence-corrected chi connectivity index (χ2v) is 4.44. The number of halogens is 2. The van der Waals surface area contributed by atoms with Gasteiger partial charge in [-0.15, -0.1) is 0 Å². The molecule has 0 saturated heterocycles. The predicted molar refractivity (Wildman–Crippen MR) is 61.0 cm³/mol. The quantitative estimate of drug-likeness (QED) is 0.778. The molecule has 0 heterocycles. The van der Waals surface area contributed by atoms with Crippen molar-refractivity contribution in [3.8, 4) is 5.75 Å². The molecule has 0 amide bonds. The van der Waals surface area contributed by atoms with Crippen LogP contribution in [0.1, 0.15) is 0 Å². The normalized spacial score (nSPS) is 10.6. The first-order valence-corrected chi connectivity index (χ1v) is 5.34. The Labute approximate surface area is 92.6 Å². The first kappa shape index (κ1) is 9.03. The van der Waals surface area contributed by atoms with Crippen molar-refractivity contribution in [1.29, 1.82) is 0 Å². The molecule has 0 aromatic heterocycles. The molecule has 3 heteroatoms. The topological polar surface area (TPSA) is 20.2 Å². The van der Waals surface area contributed by atoms with Gasteiger partial charge in [0.05, 0.1) is 4.47 Å². The number of hydrogen-bond donors (Lipinski definition) is 1. The molecule has 0 radical (unpaired) electrons. The van der Waals surface area contributed by atoms with Gasteiger partial charge in [-0.25, -0.2) is 0 Å². The highest BCUT2D eigenvalue weighted by molar-refractivity contribution is 9.11. The maximum atomic E-state index is 9.71. The van der Waals surface area contributed by atoms with Gasteiger partial charge in [-0.2, -0.15) is 0 Å². The number of aromatic hydroxyl groups is 1. The van der Waals surface area contributed by atoms with Crippen LogP contribution in [0.4, 0.5) is 0 Å². The Balaban J connectivity index is 2.97. The highest BCUT2D eigenvalue weighted by Gasteiger charge is 2.06. The van der Waals surface area contributed by atoms with Gasteiger partial charge in [0.2, 0.25) is 0 Å². The zero-order chi connectivity index (χ0) is 9.42. The monoisotopic (exact) mass is 300 g/mol. The minimum Gasteiger partial charge on any atom is -0.506 e. The lowest BCUT2D eigenvalue weighted by atomic mass is 10.1. The molecule has 2 aromatic carbocycles. The Kier molecular flexibility index (Phi) is 2.30. The predicted octanol–water partition coefficient (Wildman–Crippen LogP) is 4.07. The lowest BCUT2D eigenvalue weighted by Crippen LogP contribution is -1.77. The molecule has 0 spiro atoms. The number of hydrogen-bond acceptors (Lipinski definition) is 1. The fourth-order valence-electron chi connectivity index (χ4n) is 1.28. The minimum absolute atomic E-state index is 0.291. The van der Waals surface area contributed by atoms with E-state index in [1.165, 1.54) is 0 Å². The Morgan fingerprint density at radius 2 is 1.54 bits per heavy atom. The van der Waals surface area contributed by atoms with Crippen LogP contribution in [-0.4, -0.2) is 5.11 Å². The molecule has 0 fully saturated rings. The molecule has 0 aliphatic carbocycles. The highest BCUT2D eigenvalue weighted by atomic mass is 79.9. The van der Waals surface area contributed by atoms with E-state index < -0.39 is 0 Å². The third-order valence-corrected chi connectivity index (χ3v) is 3.18. The maximum absolute atomic E-state index is 9.71. The first-order chi connectivity index (χ1) is 6.20. The SMILES string of the molecule is Oc1c(Br)cc(Br)c2ccccc12. The fraction of sp³-hybridized carbons (Fsp3) is 0. The van der Waals surface area contributed by atoms with Gasteiger partial charge in [0.25, 0.3) is 0 Å². The molecule has 2 aromatic rings. The van der Waals surface area contributed by atoms with E-state index in [1.54, 1.807) is 0 Å². The summed E-state index contributed by atoms with van der Waals surface area (Å²) in [5, 5.41) is 11.6. The van der Waals surface area contributed by atoms with Gasteiger partial charge < -0.3 is 5.11 Å². The van der Waals surface area contributed by atoms with Gasteiger partial charge in [0.15, 0.2) is 0 Å². The Hall–Kier alpha value is -0.540. The zero-order valence-corrected chi connectivity index (χ0v) is 9.76. The summed E-state index contributed by atoms with van der Waals surface area (Å²) in [7, 11) is 0. The Bertz CT molecular complexity index is 466. The average molecular weight is 302 g/mol. The van der Waals surface area contributed by atoms with Crippen LogP contribution in [0.2, 0.25) is 0 Å². The molecule has 0 bridgehead atoms. The third kappa shape index (κ3) is 1.46. The summed E-state index contributed by atoms with van der Waals surface area (Å²) in [6.07, 6.45) is 0. The van der Waals surface area contributed by atoms with Crippen LogP contribution < -0.4 is 0 Å². The van der Waals surface area contributed by atoms with Crippen molar-refractivity contribution in [3.05, 3.63) is 39.3 Å². The second-order valence-electron chi connectivity index (χ2n) is 2.73. The Morgan fingerprint density at radius 3 is 2.23 bits per heavy atom. The van der Waals surface area contributed by atoms with E-state index in [1.807, 2.05) is 30.3 Å². The molecular weight excluding hydrogens is 296 g/mol. The molecule has 13 heavy (non-hydrogen) atoms. The molecule has 0 aliphatic rings. The van der Waals surface area contributed by atoms with E-state index in [4.69, 9.17) is 0 Å². The first-order valence-electron chi connectivity index (χ1n) is 3.76. The van der Waals surface area contributed by atoms with Crippen LogP contribution in [0.5, 0.6) is 5.75 Å². The summed E-state index contributed by atoms with van der Waals surface area (Å²) in [5.74, 6) is 0.291. The number of fused-ring (bicyclic) bond motifs is 1. The van der Waals surface area contributed by atoms with Crippen LogP contribution in [-0.2, 0) is 0 Å². The van der Waals surface area contributed by atoms with E-state index in [9.17, 15) is 5.11 Å². The van der Waals surface area contributed by atoms with Gasteiger partial charge in [0, 0.05) is 9.86 Å². The van der Waals surface area contributed by atoms with Gasteiger partial charge in [-0.1, -0.05) is 40.2 Å². The van der Waals surface area contributed by atoms with Crippen molar-refractivity contribution in [2.75, 3.05) is 0 Å². The molecule has 0 aliphatic heterocycles. The summed E-state index contributed by atoms with van der Waals surface area (Å²) in [4.78, 5) is 0. The Morgan fingerprint density at radius 1 is 0.923 bits per heavy atom. The van der Waals surface area contributed by atoms with Crippen molar-refractivity contribution in [2.24, 2.45) is 0 Å². The molecule has 0 atom stereocenters. The average Bonchev–Trinajstić information content (AvgIpc) is 2.15. The molecular formula is C10H6Br2O. The molecule has 1 N–H and O–H groups in total. The van der Waals surface area contributed by atoms with Crippen molar-refractivity contribution >= 4 is 42.6 Å². The number of phenols is 1. The summed E-state index contributed by atoms with van der Waals surface area (Å²) >= 11 is 6.73. The molecule has 1 nitrogen and oxygen atoms in total. The fourth-order valence-corrected chi connectivity index (χ4v) is 2.61. The van der Waals surface area contributed by atoms with E-state index in [2.05, 4.69) is 31.9 Å². The molecule has 66 valence electrons. The molecule has 0 unspecified atom stereocenters. The van der Waals surface area contributed by atoms with E-state index >= 15 is 0 Å². The number of benzene rings is 2. The van der Waals surface area contributed by atoms with Crippen LogP contribution in [0.25, 0.3) is 10.8 Å². The summed E-state index contributed by atoms with van der Waals surface area (Å²) in [6, 6.07) is 9.55. The van der Waals surface area contributed by atoms with Crippen LogP contribution in [0, 0.1) is 0 Å². The zero-order valence-electron chi connectivity index (χ0n) is 6.59. The van der Waals surface area contributed by atoms with Crippen LogP contribution in [0.15, 0.2) is 39.3 Å². The highest BCUT2D eigenvalue weighted by Crippen LogP contribution is 2.37. The standard InChI is InChI=1S/C10H6Br2O/c11-8-5-9(12)10(13)7-4-2-1-3-6(7)8/h1-5,13H. The molecule has 0 saturated carbocycles. The number of rotatable bonds is 0. The largest absolute Gasteiger partial charge is 0.506 e. The van der Waals surface area contributed by atoms with Crippen molar-refractivity contribution in [2.45, 2.75) is 0 Å². The molecule has 2 rings (SSSR count). The van der Waals surface area contributed by atoms with Crippen molar-refractivity contribution < 1.29 is 5.11 Å². The van der Waals surface area contributed by atoms with E-state index in [0.717, 1.165) is 15.2 Å². The minimum atomic E-state index is 0.291.